The van der Waals surface area contributed by atoms with Crippen LogP contribution in [0.25, 0.3) is 10.9 Å². The zero-order valence-corrected chi connectivity index (χ0v) is 15.1. The number of amides is 2. The zero-order valence-electron chi connectivity index (χ0n) is 15.1. The first-order chi connectivity index (χ1) is 12.5. The molecule has 2 amide bonds. The first-order valence-electron chi connectivity index (χ1n) is 8.66. The minimum absolute atomic E-state index is 0.0596. The summed E-state index contributed by atoms with van der Waals surface area (Å²) >= 11 is 0. The molecule has 0 aliphatic carbocycles. The maximum absolute atomic E-state index is 13.1. The van der Waals surface area contributed by atoms with Gasteiger partial charge in [-0.1, -0.05) is 36.4 Å². The summed E-state index contributed by atoms with van der Waals surface area (Å²) in [5.41, 5.74) is 4.75. The van der Waals surface area contributed by atoms with E-state index in [0.29, 0.717) is 5.56 Å². The molecule has 5 heteroatoms. The Bertz CT molecular complexity index is 1020. The quantitative estimate of drug-likeness (QED) is 0.791. The van der Waals surface area contributed by atoms with Gasteiger partial charge in [0.15, 0.2) is 0 Å². The van der Waals surface area contributed by atoms with E-state index in [-0.39, 0.29) is 24.4 Å². The molecule has 2 aromatic carbocycles. The van der Waals surface area contributed by atoms with Gasteiger partial charge in [-0.15, -0.1) is 0 Å². The average molecular weight is 347 g/mol. The molecule has 0 saturated carbocycles. The highest BCUT2D eigenvalue weighted by Crippen LogP contribution is 2.42. The highest BCUT2D eigenvalue weighted by molar-refractivity contribution is 6.02. The summed E-state index contributed by atoms with van der Waals surface area (Å²) in [5.74, 6) is -0.181. The van der Waals surface area contributed by atoms with Gasteiger partial charge < -0.3 is 14.8 Å². The summed E-state index contributed by atoms with van der Waals surface area (Å²) < 4.78 is 0. The molecule has 26 heavy (non-hydrogen) atoms. The Balaban J connectivity index is 1.91. The Morgan fingerprint density at radius 1 is 1.12 bits per heavy atom. The SMILES string of the molecule is Cc1[nH]c2ccccc2c1[C@H]1c2ccccc2C(=O)N1CC(=O)N(C)C. The predicted molar refractivity (Wildman–Crippen MR) is 101 cm³/mol. The molecule has 4 rings (SSSR count). The summed E-state index contributed by atoms with van der Waals surface area (Å²) in [6, 6.07) is 15.5. The number of aryl methyl sites for hydroxylation is 1. The number of nitrogens with one attached hydrogen (secondary N) is 1. The molecular formula is C21H21N3O2. The van der Waals surface area contributed by atoms with Crippen LogP contribution < -0.4 is 0 Å². The third kappa shape index (κ3) is 2.39. The smallest absolute Gasteiger partial charge is 0.255 e. The molecule has 0 spiro atoms. The number of nitrogens with zero attached hydrogens (tertiary/aromatic N) is 2. The van der Waals surface area contributed by atoms with Crippen LogP contribution in [-0.4, -0.2) is 47.2 Å². The summed E-state index contributed by atoms with van der Waals surface area (Å²) in [5, 5.41) is 1.09. The Labute approximate surface area is 152 Å². The van der Waals surface area contributed by atoms with Crippen molar-refractivity contribution in [3.63, 3.8) is 0 Å². The Kier molecular flexibility index (Phi) is 3.80. The number of fused-ring (bicyclic) bond motifs is 2. The van der Waals surface area contributed by atoms with E-state index in [1.54, 1.807) is 19.0 Å². The molecule has 2 heterocycles. The van der Waals surface area contributed by atoms with Crippen molar-refractivity contribution in [2.24, 2.45) is 0 Å². The van der Waals surface area contributed by atoms with Crippen molar-refractivity contribution < 1.29 is 9.59 Å². The van der Waals surface area contributed by atoms with E-state index in [0.717, 1.165) is 27.7 Å². The number of carbonyl (C=O) groups is 2. The van der Waals surface area contributed by atoms with Crippen molar-refractivity contribution in [1.82, 2.24) is 14.8 Å². The first kappa shape index (κ1) is 16.4. The number of para-hydroxylation sites is 1. The van der Waals surface area contributed by atoms with E-state index < -0.39 is 0 Å². The Morgan fingerprint density at radius 3 is 2.58 bits per heavy atom. The molecule has 0 saturated heterocycles. The maximum atomic E-state index is 13.1. The lowest BCUT2D eigenvalue weighted by molar-refractivity contribution is -0.129. The Morgan fingerprint density at radius 2 is 1.81 bits per heavy atom. The topological polar surface area (TPSA) is 56.4 Å². The van der Waals surface area contributed by atoms with Crippen LogP contribution in [0.2, 0.25) is 0 Å². The largest absolute Gasteiger partial charge is 0.358 e. The van der Waals surface area contributed by atoms with Crippen molar-refractivity contribution in [3.8, 4) is 0 Å². The lowest BCUT2D eigenvalue weighted by Crippen LogP contribution is -2.39. The van der Waals surface area contributed by atoms with E-state index >= 15 is 0 Å². The fourth-order valence-electron chi connectivity index (χ4n) is 3.78. The second-order valence-corrected chi connectivity index (χ2v) is 6.92. The molecule has 3 aromatic rings. The van der Waals surface area contributed by atoms with Gasteiger partial charge in [0.1, 0.15) is 6.54 Å². The molecule has 1 N–H and O–H groups in total. The normalized spacial score (nSPS) is 16.2. The van der Waals surface area contributed by atoms with E-state index in [4.69, 9.17) is 0 Å². The van der Waals surface area contributed by atoms with Crippen LogP contribution >= 0.6 is 0 Å². The number of aromatic nitrogens is 1. The molecule has 5 nitrogen and oxygen atoms in total. The number of hydrogen-bond donors (Lipinski definition) is 1. The van der Waals surface area contributed by atoms with Gasteiger partial charge in [0.25, 0.3) is 5.91 Å². The van der Waals surface area contributed by atoms with Crippen molar-refractivity contribution >= 4 is 22.7 Å². The fraction of sp³-hybridized carbons (Fsp3) is 0.238. The number of aromatic amines is 1. The van der Waals surface area contributed by atoms with Crippen LogP contribution in [0.15, 0.2) is 48.5 Å². The fourth-order valence-corrected chi connectivity index (χ4v) is 3.78. The van der Waals surface area contributed by atoms with Crippen molar-refractivity contribution in [2.45, 2.75) is 13.0 Å². The van der Waals surface area contributed by atoms with Gasteiger partial charge in [-0.05, 0) is 24.6 Å². The third-order valence-corrected chi connectivity index (χ3v) is 5.08. The summed E-state index contributed by atoms with van der Waals surface area (Å²) in [6.45, 7) is 2.08. The molecule has 0 bridgehead atoms. The lowest BCUT2D eigenvalue weighted by Gasteiger charge is -2.27. The highest BCUT2D eigenvalue weighted by Gasteiger charge is 2.40. The van der Waals surface area contributed by atoms with Crippen molar-refractivity contribution in [3.05, 3.63) is 70.9 Å². The van der Waals surface area contributed by atoms with Crippen LogP contribution in [0.5, 0.6) is 0 Å². The molecule has 1 aromatic heterocycles. The zero-order chi connectivity index (χ0) is 18.4. The van der Waals surface area contributed by atoms with Crippen LogP contribution in [-0.2, 0) is 4.79 Å². The van der Waals surface area contributed by atoms with Gasteiger partial charge >= 0.3 is 0 Å². The standard InChI is InChI=1S/C21H21N3O2/c1-13-19(16-10-6-7-11-17(16)22-13)20-14-8-4-5-9-15(14)21(26)24(20)12-18(25)23(2)3/h4-11,20,22H,12H2,1-3H3/t20-/m1/s1. The number of benzene rings is 2. The summed E-state index contributed by atoms with van der Waals surface area (Å²) in [6.07, 6.45) is 0. The monoisotopic (exact) mass is 347 g/mol. The molecule has 1 aliphatic rings. The summed E-state index contributed by atoms with van der Waals surface area (Å²) in [7, 11) is 3.42. The number of rotatable bonds is 3. The van der Waals surface area contributed by atoms with Crippen molar-refractivity contribution in [1.29, 1.82) is 0 Å². The first-order valence-corrected chi connectivity index (χ1v) is 8.66. The number of likely N-dealkylation sites (N-methyl/N-ethyl adjacent to an activating group) is 1. The number of H-pyrrole nitrogens is 1. The van der Waals surface area contributed by atoms with Crippen LogP contribution in [0.1, 0.15) is 33.2 Å². The van der Waals surface area contributed by atoms with Gasteiger partial charge in [-0.25, -0.2) is 0 Å². The van der Waals surface area contributed by atoms with Crippen molar-refractivity contribution in [2.75, 3.05) is 20.6 Å². The van der Waals surface area contributed by atoms with Gasteiger partial charge in [-0.2, -0.15) is 0 Å². The minimum Gasteiger partial charge on any atom is -0.358 e. The van der Waals surface area contributed by atoms with Crippen LogP contribution in [0, 0.1) is 6.92 Å². The average Bonchev–Trinajstić information content (AvgIpc) is 3.09. The molecular weight excluding hydrogens is 326 g/mol. The van der Waals surface area contributed by atoms with E-state index in [9.17, 15) is 9.59 Å². The third-order valence-electron chi connectivity index (χ3n) is 5.08. The minimum atomic E-state index is -0.265. The molecule has 0 unspecified atom stereocenters. The molecule has 1 aliphatic heterocycles. The van der Waals surface area contributed by atoms with E-state index in [2.05, 4.69) is 11.1 Å². The van der Waals surface area contributed by atoms with E-state index in [1.165, 1.54) is 4.90 Å². The molecule has 132 valence electrons. The van der Waals surface area contributed by atoms with Crippen LogP contribution in [0.3, 0.4) is 0 Å². The summed E-state index contributed by atoms with van der Waals surface area (Å²) in [4.78, 5) is 32.1. The maximum Gasteiger partial charge on any atom is 0.255 e. The Hall–Kier alpha value is -3.08. The highest BCUT2D eigenvalue weighted by atomic mass is 16.2. The molecule has 1 atom stereocenters. The number of hydrogen-bond acceptors (Lipinski definition) is 2. The van der Waals surface area contributed by atoms with Crippen LogP contribution in [0.4, 0.5) is 0 Å². The number of carbonyl (C=O) groups excluding carboxylic acids is 2. The molecule has 0 fully saturated rings. The van der Waals surface area contributed by atoms with Gasteiger partial charge in [0.2, 0.25) is 5.91 Å². The second kappa shape index (κ2) is 6.02. The second-order valence-electron chi connectivity index (χ2n) is 6.92. The van der Waals surface area contributed by atoms with Gasteiger partial charge in [0, 0.05) is 41.8 Å². The lowest BCUT2D eigenvalue weighted by atomic mass is 9.95. The van der Waals surface area contributed by atoms with Gasteiger partial charge in [0.05, 0.1) is 6.04 Å². The van der Waals surface area contributed by atoms with Gasteiger partial charge in [-0.3, -0.25) is 9.59 Å². The predicted octanol–water partition coefficient (Wildman–Crippen LogP) is 3.11. The molecule has 0 radical (unpaired) electrons. The van der Waals surface area contributed by atoms with E-state index in [1.807, 2.05) is 49.4 Å².